The average Bonchev–Trinajstić information content (AvgIpc) is 3.47. The summed E-state index contributed by atoms with van der Waals surface area (Å²) in [6.07, 6.45) is 2.00. The van der Waals surface area contributed by atoms with Crippen molar-refractivity contribution in [2.75, 3.05) is 91.8 Å². The minimum Gasteiger partial charge on any atom is -0.494 e. The normalized spacial score (nSPS) is 12.0. The third-order valence-corrected chi connectivity index (χ3v) is 8.38. The zero-order chi connectivity index (χ0) is 30.9. The second kappa shape index (κ2) is 19.6. The Bertz CT molecular complexity index is 1140. The first-order valence-corrected chi connectivity index (χ1v) is 16.7. The van der Waals surface area contributed by atoms with E-state index in [1.165, 1.54) is 0 Å². The molecule has 0 spiro atoms. The number of fused-ring (bicyclic) bond motifs is 1. The van der Waals surface area contributed by atoms with Crippen molar-refractivity contribution in [3.8, 4) is 23.0 Å². The van der Waals surface area contributed by atoms with E-state index in [0.29, 0.717) is 19.1 Å². The predicted octanol–water partition coefficient (Wildman–Crippen LogP) is 6.36. The van der Waals surface area contributed by atoms with E-state index >= 15 is 0 Å². The lowest BCUT2D eigenvalue weighted by Crippen LogP contribution is -2.35. The van der Waals surface area contributed by atoms with Crippen LogP contribution in [0.15, 0.2) is 46.9 Å². The minimum absolute atomic E-state index is 0.609. The molecule has 8 nitrogen and oxygen atoms in total. The fraction of sp³-hybridized carbons (Fsp3) is 0.629. The quantitative estimate of drug-likeness (QED) is 0.117. The average molecular weight is 596 g/mol. The molecule has 1 aromatic heterocycles. The summed E-state index contributed by atoms with van der Waals surface area (Å²) < 4.78 is 18.2. The highest BCUT2D eigenvalue weighted by molar-refractivity contribution is 5.77. The highest BCUT2D eigenvalue weighted by atomic mass is 16.5. The van der Waals surface area contributed by atoms with E-state index in [-0.39, 0.29) is 0 Å². The van der Waals surface area contributed by atoms with Crippen LogP contribution in [0.3, 0.4) is 0 Å². The molecule has 0 radical (unpaired) electrons. The van der Waals surface area contributed by atoms with Crippen LogP contribution in [0.2, 0.25) is 0 Å². The standard InChI is InChI=1S/C35H57N5O3/c1-7-37(8-2)23-25-39(11-5)21-13-27-41-31-17-15-30(16-18-31)35-36-33-20-19-32(29-34(33)43-35)42-28-14-22-40(12-6)26-24-38(9-3)10-4/h15-20,29H,7-14,21-28H2,1-6H3. The van der Waals surface area contributed by atoms with Crippen LogP contribution in [0.1, 0.15) is 54.4 Å². The van der Waals surface area contributed by atoms with Crippen molar-refractivity contribution < 1.29 is 13.9 Å². The number of aromatic nitrogens is 1. The SMILES string of the molecule is CCN(CC)CCN(CC)CCCOc1ccc(-c2nc3ccc(OCCCN(CC)CCN(CC)CC)cc3o2)cc1. The first-order chi connectivity index (χ1) is 21.0. The fourth-order valence-electron chi connectivity index (χ4n) is 5.27. The molecule has 0 bridgehead atoms. The summed E-state index contributed by atoms with van der Waals surface area (Å²) in [5, 5.41) is 0. The third kappa shape index (κ3) is 11.8. The lowest BCUT2D eigenvalue weighted by Gasteiger charge is -2.25. The van der Waals surface area contributed by atoms with Gasteiger partial charge in [-0.25, -0.2) is 4.98 Å². The van der Waals surface area contributed by atoms with Crippen LogP contribution in [0.5, 0.6) is 11.5 Å². The fourth-order valence-corrected chi connectivity index (χ4v) is 5.27. The summed E-state index contributed by atoms with van der Waals surface area (Å²) in [7, 11) is 0. The van der Waals surface area contributed by atoms with Crippen molar-refractivity contribution in [1.29, 1.82) is 0 Å². The number of rotatable bonds is 23. The molecule has 0 aliphatic rings. The van der Waals surface area contributed by atoms with E-state index in [4.69, 9.17) is 18.9 Å². The number of oxazole rings is 1. The van der Waals surface area contributed by atoms with Crippen LogP contribution in [0.4, 0.5) is 0 Å². The Hall–Kier alpha value is -2.65. The van der Waals surface area contributed by atoms with Crippen molar-refractivity contribution in [2.24, 2.45) is 0 Å². The topological polar surface area (TPSA) is 57.5 Å². The summed E-state index contributed by atoms with van der Waals surface area (Å²) in [6.45, 7) is 27.9. The van der Waals surface area contributed by atoms with Gasteiger partial charge in [-0.05, 0) is 88.5 Å². The highest BCUT2D eigenvalue weighted by Gasteiger charge is 2.11. The van der Waals surface area contributed by atoms with Gasteiger partial charge in [0.2, 0.25) is 5.89 Å². The summed E-state index contributed by atoms with van der Waals surface area (Å²) in [5.74, 6) is 2.30. The number of nitrogens with zero attached hydrogens (tertiary/aromatic N) is 5. The maximum Gasteiger partial charge on any atom is 0.227 e. The van der Waals surface area contributed by atoms with E-state index in [0.717, 1.165) is 120 Å². The number of benzene rings is 2. The van der Waals surface area contributed by atoms with E-state index in [1.54, 1.807) is 0 Å². The van der Waals surface area contributed by atoms with Gasteiger partial charge in [0.15, 0.2) is 5.58 Å². The first-order valence-electron chi connectivity index (χ1n) is 16.7. The van der Waals surface area contributed by atoms with Gasteiger partial charge < -0.3 is 33.5 Å². The second-order valence-corrected chi connectivity index (χ2v) is 11.0. The van der Waals surface area contributed by atoms with E-state index in [1.807, 2.05) is 42.5 Å². The molecule has 0 saturated heterocycles. The highest BCUT2D eigenvalue weighted by Crippen LogP contribution is 2.28. The Labute approximate surface area is 260 Å². The molecule has 0 aliphatic carbocycles. The summed E-state index contributed by atoms with van der Waals surface area (Å²) in [5.41, 5.74) is 2.50. The van der Waals surface area contributed by atoms with Gasteiger partial charge in [-0.3, -0.25) is 0 Å². The van der Waals surface area contributed by atoms with Gasteiger partial charge in [0.05, 0.1) is 13.2 Å². The van der Waals surface area contributed by atoms with Crippen molar-refractivity contribution in [2.45, 2.75) is 54.4 Å². The minimum atomic E-state index is 0.609. The smallest absolute Gasteiger partial charge is 0.227 e. The molecular formula is C35H57N5O3. The molecular weight excluding hydrogens is 538 g/mol. The summed E-state index contributed by atoms with van der Waals surface area (Å²) in [6, 6.07) is 13.9. The molecule has 0 N–H and O–H groups in total. The Morgan fingerprint density at radius 3 is 1.53 bits per heavy atom. The van der Waals surface area contributed by atoms with Gasteiger partial charge in [-0.2, -0.15) is 0 Å². The second-order valence-electron chi connectivity index (χ2n) is 11.0. The molecule has 0 saturated carbocycles. The molecule has 0 amide bonds. The van der Waals surface area contributed by atoms with Crippen LogP contribution >= 0.6 is 0 Å². The van der Waals surface area contributed by atoms with Gasteiger partial charge in [0.25, 0.3) is 0 Å². The first kappa shape index (κ1) is 34.8. The van der Waals surface area contributed by atoms with Crippen molar-refractivity contribution in [3.05, 3.63) is 42.5 Å². The molecule has 0 atom stereocenters. The van der Waals surface area contributed by atoms with E-state index < -0.39 is 0 Å². The molecule has 0 unspecified atom stereocenters. The Kier molecular flexibility index (Phi) is 15.9. The molecule has 3 aromatic rings. The molecule has 0 aliphatic heterocycles. The van der Waals surface area contributed by atoms with Gasteiger partial charge in [0.1, 0.15) is 17.0 Å². The Morgan fingerprint density at radius 2 is 1.02 bits per heavy atom. The van der Waals surface area contributed by atoms with E-state index in [9.17, 15) is 0 Å². The van der Waals surface area contributed by atoms with Gasteiger partial charge in [0, 0.05) is 50.9 Å². The number of hydrogen-bond donors (Lipinski definition) is 0. The summed E-state index contributed by atoms with van der Waals surface area (Å²) >= 11 is 0. The monoisotopic (exact) mass is 595 g/mol. The Morgan fingerprint density at radius 1 is 0.558 bits per heavy atom. The molecule has 3 rings (SSSR count). The van der Waals surface area contributed by atoms with Crippen LogP contribution < -0.4 is 9.47 Å². The molecule has 1 heterocycles. The zero-order valence-corrected chi connectivity index (χ0v) is 27.8. The lowest BCUT2D eigenvalue weighted by molar-refractivity contribution is 0.204. The van der Waals surface area contributed by atoms with Crippen LogP contribution in [0, 0.1) is 0 Å². The molecule has 8 heteroatoms. The lowest BCUT2D eigenvalue weighted by atomic mass is 10.2. The number of likely N-dealkylation sites (N-methyl/N-ethyl adjacent to an activating group) is 4. The van der Waals surface area contributed by atoms with Gasteiger partial charge >= 0.3 is 0 Å². The molecule has 43 heavy (non-hydrogen) atoms. The molecule has 2 aromatic carbocycles. The van der Waals surface area contributed by atoms with Crippen LogP contribution in [-0.2, 0) is 0 Å². The predicted molar refractivity (Wildman–Crippen MR) is 179 cm³/mol. The molecule has 240 valence electrons. The van der Waals surface area contributed by atoms with Crippen LogP contribution in [-0.4, -0.2) is 116 Å². The zero-order valence-electron chi connectivity index (χ0n) is 27.8. The van der Waals surface area contributed by atoms with E-state index in [2.05, 4.69) is 61.1 Å². The molecule has 0 fully saturated rings. The number of hydrogen-bond acceptors (Lipinski definition) is 8. The van der Waals surface area contributed by atoms with Gasteiger partial charge in [-0.1, -0.05) is 41.5 Å². The van der Waals surface area contributed by atoms with Crippen LogP contribution in [0.25, 0.3) is 22.6 Å². The largest absolute Gasteiger partial charge is 0.494 e. The van der Waals surface area contributed by atoms with Crippen molar-refractivity contribution in [1.82, 2.24) is 24.6 Å². The maximum absolute atomic E-state index is 6.11. The third-order valence-electron chi connectivity index (χ3n) is 8.38. The maximum atomic E-state index is 6.11. The van der Waals surface area contributed by atoms with Crippen molar-refractivity contribution >= 4 is 11.1 Å². The summed E-state index contributed by atoms with van der Waals surface area (Å²) in [4.78, 5) is 14.6. The Balaban J connectivity index is 1.42. The van der Waals surface area contributed by atoms with Crippen molar-refractivity contribution in [3.63, 3.8) is 0 Å². The van der Waals surface area contributed by atoms with Gasteiger partial charge in [-0.15, -0.1) is 0 Å². The number of ether oxygens (including phenoxy) is 2.